The number of ether oxygens (including phenoxy) is 1. The minimum atomic E-state index is -0.942. The van der Waals surface area contributed by atoms with Gasteiger partial charge in [0, 0.05) is 24.9 Å². The first-order valence-electron chi connectivity index (χ1n) is 11.6. The van der Waals surface area contributed by atoms with Crippen molar-refractivity contribution in [3.63, 3.8) is 0 Å². The predicted molar refractivity (Wildman–Crippen MR) is 122 cm³/mol. The summed E-state index contributed by atoms with van der Waals surface area (Å²) in [5.41, 5.74) is 4.68. The normalized spacial score (nSPS) is 25.3. The number of benzene rings is 2. The highest BCUT2D eigenvalue weighted by atomic mass is 16.5. The summed E-state index contributed by atoms with van der Waals surface area (Å²) in [6.07, 6.45) is 0.880. The Morgan fingerprint density at radius 2 is 1.70 bits per heavy atom. The average molecular weight is 449 g/mol. The number of alkyl carbamates (subject to hydrolysis) is 1. The zero-order chi connectivity index (χ0) is 23.1. The SMILES string of the molecule is CC1CCN(C(=O)[C@H]2C[C@H]2CNC(=O)OCC2c3ccccc3-c3ccccc32)C1C(=O)O. The van der Waals surface area contributed by atoms with Crippen molar-refractivity contribution in [2.24, 2.45) is 17.8 Å². The van der Waals surface area contributed by atoms with Crippen molar-refractivity contribution in [2.75, 3.05) is 19.7 Å². The van der Waals surface area contributed by atoms with Gasteiger partial charge in [-0.2, -0.15) is 0 Å². The lowest BCUT2D eigenvalue weighted by Crippen LogP contribution is -2.44. The van der Waals surface area contributed by atoms with Crippen LogP contribution in [0.15, 0.2) is 48.5 Å². The Bertz CT molecular complexity index is 1050. The number of carboxylic acid groups (broad SMARTS) is 1. The Morgan fingerprint density at radius 1 is 1.06 bits per heavy atom. The molecule has 0 radical (unpaired) electrons. The van der Waals surface area contributed by atoms with Gasteiger partial charge in [0.1, 0.15) is 12.6 Å². The number of likely N-dealkylation sites (tertiary alicyclic amines) is 1. The largest absolute Gasteiger partial charge is 0.480 e. The summed E-state index contributed by atoms with van der Waals surface area (Å²) in [5.74, 6) is -1.27. The fourth-order valence-electron chi connectivity index (χ4n) is 5.42. The van der Waals surface area contributed by atoms with Gasteiger partial charge in [-0.1, -0.05) is 55.5 Å². The molecule has 0 spiro atoms. The third-order valence-electron chi connectivity index (χ3n) is 7.33. The van der Waals surface area contributed by atoms with Crippen LogP contribution in [0.5, 0.6) is 0 Å². The van der Waals surface area contributed by atoms with Gasteiger partial charge in [0.25, 0.3) is 0 Å². The van der Waals surface area contributed by atoms with Crippen molar-refractivity contribution < 1.29 is 24.2 Å². The molecule has 7 heteroatoms. The monoisotopic (exact) mass is 448 g/mol. The molecule has 1 aliphatic heterocycles. The number of carboxylic acids is 1. The number of amides is 2. The average Bonchev–Trinajstić information content (AvgIpc) is 3.38. The number of hydrogen-bond acceptors (Lipinski definition) is 4. The van der Waals surface area contributed by atoms with Crippen LogP contribution in [-0.4, -0.2) is 53.7 Å². The molecule has 2 N–H and O–H groups in total. The lowest BCUT2D eigenvalue weighted by atomic mass is 9.98. The van der Waals surface area contributed by atoms with E-state index in [4.69, 9.17) is 4.74 Å². The number of rotatable bonds is 6. The van der Waals surface area contributed by atoms with Crippen molar-refractivity contribution in [1.82, 2.24) is 10.2 Å². The molecule has 2 aliphatic carbocycles. The highest BCUT2D eigenvalue weighted by Gasteiger charge is 2.49. The highest BCUT2D eigenvalue weighted by Crippen LogP contribution is 2.44. The number of carbonyl (C=O) groups excluding carboxylic acids is 2. The Hall–Kier alpha value is -3.35. The molecule has 33 heavy (non-hydrogen) atoms. The number of carbonyl (C=O) groups is 3. The van der Waals surface area contributed by atoms with E-state index in [1.165, 1.54) is 16.0 Å². The van der Waals surface area contributed by atoms with Gasteiger partial charge in [0.05, 0.1) is 0 Å². The first kappa shape index (κ1) is 21.5. The van der Waals surface area contributed by atoms with E-state index in [0.29, 0.717) is 25.9 Å². The summed E-state index contributed by atoms with van der Waals surface area (Å²) in [6, 6.07) is 15.6. The Morgan fingerprint density at radius 3 is 2.33 bits per heavy atom. The summed E-state index contributed by atoms with van der Waals surface area (Å²) >= 11 is 0. The van der Waals surface area contributed by atoms with Gasteiger partial charge in [-0.05, 0) is 46.9 Å². The number of nitrogens with one attached hydrogen (secondary N) is 1. The van der Waals surface area contributed by atoms with Crippen LogP contribution in [0.3, 0.4) is 0 Å². The van der Waals surface area contributed by atoms with Crippen LogP contribution in [0.25, 0.3) is 11.1 Å². The lowest BCUT2D eigenvalue weighted by molar-refractivity contribution is -0.150. The molecule has 2 aromatic rings. The van der Waals surface area contributed by atoms with Crippen molar-refractivity contribution in [2.45, 2.75) is 31.7 Å². The second-order valence-corrected chi connectivity index (χ2v) is 9.39. The van der Waals surface area contributed by atoms with Gasteiger partial charge in [-0.25, -0.2) is 9.59 Å². The Kier molecular flexibility index (Phi) is 5.56. The standard InChI is InChI=1S/C26H28N2O5/c1-15-10-11-28(23(15)25(30)31)24(29)21-12-16(21)13-27-26(32)33-14-22-19-8-4-2-6-17(19)18-7-3-5-9-20(18)22/h2-9,15-16,21-23H,10-14H2,1H3,(H,27,32)(H,30,31)/t15?,16-,21-,23?/m0/s1. The molecule has 2 amide bonds. The van der Waals surface area contributed by atoms with Gasteiger partial charge in [-0.15, -0.1) is 0 Å². The molecule has 2 aromatic carbocycles. The first-order chi connectivity index (χ1) is 16.0. The molecule has 2 fully saturated rings. The molecular weight excluding hydrogens is 420 g/mol. The summed E-state index contributed by atoms with van der Waals surface area (Å²) in [7, 11) is 0. The van der Waals surface area contributed by atoms with Crippen LogP contribution in [0.2, 0.25) is 0 Å². The van der Waals surface area contributed by atoms with Crippen molar-refractivity contribution >= 4 is 18.0 Å². The number of fused-ring (bicyclic) bond motifs is 3. The molecule has 0 bridgehead atoms. The summed E-state index contributed by atoms with van der Waals surface area (Å²) in [6.45, 7) is 2.96. The van der Waals surface area contributed by atoms with E-state index < -0.39 is 18.1 Å². The van der Waals surface area contributed by atoms with E-state index in [-0.39, 0.29) is 36.2 Å². The molecule has 2 unspecified atom stereocenters. The van der Waals surface area contributed by atoms with Crippen molar-refractivity contribution in [1.29, 1.82) is 0 Å². The molecule has 1 saturated heterocycles. The molecule has 1 saturated carbocycles. The summed E-state index contributed by atoms with van der Waals surface area (Å²) in [5, 5.41) is 12.2. The number of aliphatic carboxylic acids is 1. The maximum atomic E-state index is 12.8. The lowest BCUT2D eigenvalue weighted by Gasteiger charge is -2.23. The van der Waals surface area contributed by atoms with Crippen molar-refractivity contribution in [3.8, 4) is 11.1 Å². The predicted octanol–water partition coefficient (Wildman–Crippen LogP) is 3.48. The second kappa shape index (κ2) is 8.54. The zero-order valence-electron chi connectivity index (χ0n) is 18.6. The smallest absolute Gasteiger partial charge is 0.407 e. The highest BCUT2D eigenvalue weighted by molar-refractivity contribution is 5.87. The van der Waals surface area contributed by atoms with Crippen LogP contribution in [0, 0.1) is 17.8 Å². The van der Waals surface area contributed by atoms with Gasteiger partial charge in [-0.3, -0.25) is 4.79 Å². The van der Waals surface area contributed by atoms with E-state index in [1.807, 2.05) is 31.2 Å². The summed E-state index contributed by atoms with van der Waals surface area (Å²) in [4.78, 5) is 38.2. The third kappa shape index (κ3) is 3.96. The number of nitrogens with zero attached hydrogens (tertiary/aromatic N) is 1. The fourth-order valence-corrected chi connectivity index (χ4v) is 5.42. The quantitative estimate of drug-likeness (QED) is 0.705. The second-order valence-electron chi connectivity index (χ2n) is 9.39. The minimum Gasteiger partial charge on any atom is -0.480 e. The van der Waals surface area contributed by atoms with Gasteiger partial charge in [0.2, 0.25) is 5.91 Å². The Balaban J connectivity index is 1.13. The Labute approximate surface area is 192 Å². The number of hydrogen-bond donors (Lipinski definition) is 2. The van der Waals surface area contributed by atoms with Gasteiger partial charge >= 0.3 is 12.1 Å². The van der Waals surface area contributed by atoms with E-state index in [9.17, 15) is 19.5 Å². The van der Waals surface area contributed by atoms with Crippen molar-refractivity contribution in [3.05, 3.63) is 59.7 Å². The molecule has 0 aromatic heterocycles. The molecule has 5 rings (SSSR count). The molecular formula is C26H28N2O5. The van der Waals surface area contributed by atoms with Crippen LogP contribution >= 0.6 is 0 Å². The van der Waals surface area contributed by atoms with Crippen LogP contribution in [-0.2, 0) is 14.3 Å². The van der Waals surface area contributed by atoms with Crippen LogP contribution in [0.4, 0.5) is 4.79 Å². The maximum absolute atomic E-state index is 12.8. The van der Waals surface area contributed by atoms with E-state index in [1.54, 1.807) is 0 Å². The first-order valence-corrected chi connectivity index (χ1v) is 11.6. The van der Waals surface area contributed by atoms with Crippen LogP contribution < -0.4 is 5.32 Å². The minimum absolute atomic E-state index is 0.00325. The van der Waals surface area contributed by atoms with Gasteiger partial charge in [0.15, 0.2) is 0 Å². The molecule has 3 aliphatic rings. The summed E-state index contributed by atoms with van der Waals surface area (Å²) < 4.78 is 5.55. The topological polar surface area (TPSA) is 95.9 Å². The molecule has 7 nitrogen and oxygen atoms in total. The maximum Gasteiger partial charge on any atom is 0.407 e. The molecule has 172 valence electrons. The third-order valence-corrected chi connectivity index (χ3v) is 7.33. The van der Waals surface area contributed by atoms with E-state index in [0.717, 1.165) is 11.1 Å². The van der Waals surface area contributed by atoms with E-state index in [2.05, 4.69) is 29.6 Å². The molecule has 4 atom stereocenters. The van der Waals surface area contributed by atoms with Crippen LogP contribution in [0.1, 0.15) is 36.8 Å². The zero-order valence-corrected chi connectivity index (χ0v) is 18.6. The molecule has 1 heterocycles. The van der Waals surface area contributed by atoms with Gasteiger partial charge < -0.3 is 20.1 Å². The fraction of sp³-hybridized carbons (Fsp3) is 0.423. The van der Waals surface area contributed by atoms with E-state index >= 15 is 0 Å².